The van der Waals surface area contributed by atoms with Gasteiger partial charge in [0.25, 0.3) is 5.91 Å². The van der Waals surface area contributed by atoms with Crippen LogP contribution in [-0.2, 0) is 4.79 Å². The molecule has 2 atom stereocenters. The lowest BCUT2D eigenvalue weighted by molar-refractivity contribution is -0.153. The fraction of sp³-hybridized carbons (Fsp3) is 0.588. The second-order valence-corrected chi connectivity index (χ2v) is 6.15. The number of amides is 1. The molecule has 1 fully saturated rings. The molecule has 25 heavy (non-hydrogen) atoms. The predicted octanol–water partition coefficient (Wildman–Crippen LogP) is 2.73. The van der Waals surface area contributed by atoms with E-state index in [1.807, 2.05) is 6.92 Å². The summed E-state index contributed by atoms with van der Waals surface area (Å²) in [5.41, 5.74) is 5.95. The third kappa shape index (κ3) is 5.81. The fourth-order valence-corrected chi connectivity index (χ4v) is 2.88. The van der Waals surface area contributed by atoms with E-state index in [-0.39, 0.29) is 36.1 Å². The summed E-state index contributed by atoms with van der Waals surface area (Å²) in [6, 6.07) is 5.80. The highest BCUT2D eigenvalue weighted by Gasteiger charge is 2.30. The number of carbonyl (C=O) groups excluding carboxylic acids is 1. The summed E-state index contributed by atoms with van der Waals surface area (Å²) in [5, 5.41) is 0. The zero-order chi connectivity index (χ0) is 18.4. The number of hydrogen-bond acceptors (Lipinski definition) is 4. The summed E-state index contributed by atoms with van der Waals surface area (Å²) in [6.07, 6.45) is -1.68. The molecular formula is C17H23F3N2O3. The van der Waals surface area contributed by atoms with Crippen LogP contribution in [0.25, 0.3) is 0 Å². The van der Waals surface area contributed by atoms with E-state index in [1.54, 1.807) is 11.0 Å². The molecule has 1 heterocycles. The number of piperidine rings is 1. The lowest BCUT2D eigenvalue weighted by atomic mass is 9.97. The van der Waals surface area contributed by atoms with Crippen molar-refractivity contribution in [3.8, 4) is 11.5 Å². The van der Waals surface area contributed by atoms with Crippen molar-refractivity contribution in [2.24, 2.45) is 5.73 Å². The summed E-state index contributed by atoms with van der Waals surface area (Å²) in [7, 11) is 0. The molecule has 2 N–H and O–H groups in total. The molecule has 1 aliphatic rings. The molecule has 140 valence electrons. The van der Waals surface area contributed by atoms with E-state index in [1.165, 1.54) is 18.2 Å². The fourth-order valence-electron chi connectivity index (χ4n) is 2.88. The number of hydrogen-bond donors (Lipinski definition) is 1. The standard InChI is InChI=1S/C17H23F3N2O3/c1-12(21)13-6-4-5-9-22(13)16(23)10-24-14-7-2-3-8-15(14)25-11-17(18,19)20/h2-3,7-8,12-13H,4-6,9-11,21H2,1H3/t12-,13-/m1/s1. The summed E-state index contributed by atoms with van der Waals surface area (Å²) < 4.78 is 47.1. The average Bonchev–Trinajstić information content (AvgIpc) is 2.57. The second-order valence-electron chi connectivity index (χ2n) is 6.15. The third-order valence-electron chi connectivity index (χ3n) is 4.07. The van der Waals surface area contributed by atoms with Gasteiger partial charge in [0.05, 0.1) is 0 Å². The number of nitrogens with zero attached hydrogens (tertiary/aromatic N) is 1. The first-order chi connectivity index (χ1) is 11.8. The first-order valence-corrected chi connectivity index (χ1v) is 8.24. The maximum absolute atomic E-state index is 12.4. The Bertz CT molecular complexity index is 579. The van der Waals surface area contributed by atoms with Gasteiger partial charge in [0.2, 0.25) is 0 Å². The molecule has 1 amide bonds. The molecule has 0 bridgehead atoms. The van der Waals surface area contributed by atoms with Gasteiger partial charge in [-0.05, 0) is 38.3 Å². The molecule has 8 heteroatoms. The number of halogens is 3. The average molecular weight is 360 g/mol. The first kappa shape index (κ1) is 19.4. The number of carbonyl (C=O) groups is 1. The van der Waals surface area contributed by atoms with Crippen LogP contribution in [-0.4, -0.2) is 48.8 Å². The Balaban J connectivity index is 1.97. The van der Waals surface area contributed by atoms with Crippen LogP contribution < -0.4 is 15.2 Å². The zero-order valence-electron chi connectivity index (χ0n) is 14.1. The van der Waals surface area contributed by atoms with Gasteiger partial charge in [0.1, 0.15) is 0 Å². The van der Waals surface area contributed by atoms with Gasteiger partial charge >= 0.3 is 6.18 Å². The quantitative estimate of drug-likeness (QED) is 0.847. The van der Waals surface area contributed by atoms with Crippen molar-refractivity contribution in [3.63, 3.8) is 0 Å². The number of alkyl halides is 3. The molecule has 0 unspecified atom stereocenters. The Hall–Kier alpha value is -1.96. The highest BCUT2D eigenvalue weighted by atomic mass is 19.4. The molecule has 2 rings (SSSR count). The van der Waals surface area contributed by atoms with Crippen LogP contribution in [0.15, 0.2) is 24.3 Å². The molecule has 0 aromatic heterocycles. The van der Waals surface area contributed by atoms with Gasteiger partial charge in [0.15, 0.2) is 24.7 Å². The lowest BCUT2D eigenvalue weighted by Gasteiger charge is -2.38. The summed E-state index contributed by atoms with van der Waals surface area (Å²) in [6.45, 7) is 0.786. The van der Waals surface area contributed by atoms with Gasteiger partial charge in [0, 0.05) is 18.6 Å². The Kier molecular flexibility index (Phi) is 6.52. The first-order valence-electron chi connectivity index (χ1n) is 8.24. The molecule has 0 aliphatic carbocycles. The molecular weight excluding hydrogens is 337 g/mol. The number of ether oxygens (including phenoxy) is 2. The van der Waals surface area contributed by atoms with Crippen LogP contribution in [0.5, 0.6) is 11.5 Å². The number of benzene rings is 1. The smallest absolute Gasteiger partial charge is 0.422 e. The topological polar surface area (TPSA) is 64.8 Å². The molecule has 5 nitrogen and oxygen atoms in total. The van der Waals surface area contributed by atoms with Gasteiger partial charge in [-0.15, -0.1) is 0 Å². The van der Waals surface area contributed by atoms with E-state index in [9.17, 15) is 18.0 Å². The SMILES string of the molecule is C[C@@H](N)[C@H]1CCCCN1C(=O)COc1ccccc1OCC(F)(F)F. The van der Waals surface area contributed by atoms with E-state index in [0.717, 1.165) is 19.3 Å². The van der Waals surface area contributed by atoms with E-state index in [0.29, 0.717) is 6.54 Å². The van der Waals surface area contributed by atoms with Crippen molar-refractivity contribution >= 4 is 5.91 Å². The van der Waals surface area contributed by atoms with Crippen LogP contribution in [0.4, 0.5) is 13.2 Å². The third-order valence-corrected chi connectivity index (χ3v) is 4.07. The number of likely N-dealkylation sites (tertiary alicyclic amines) is 1. The van der Waals surface area contributed by atoms with Gasteiger partial charge in [-0.1, -0.05) is 12.1 Å². The van der Waals surface area contributed by atoms with Gasteiger partial charge in [-0.2, -0.15) is 13.2 Å². The van der Waals surface area contributed by atoms with Crippen LogP contribution >= 0.6 is 0 Å². The minimum absolute atomic E-state index is 0.0402. The molecule has 0 spiro atoms. The molecule has 1 aromatic rings. The summed E-state index contributed by atoms with van der Waals surface area (Å²) in [5.74, 6) is -0.169. The highest BCUT2D eigenvalue weighted by Crippen LogP contribution is 2.28. The van der Waals surface area contributed by atoms with Crippen molar-refractivity contribution in [3.05, 3.63) is 24.3 Å². The summed E-state index contributed by atoms with van der Waals surface area (Å²) in [4.78, 5) is 14.1. The number of rotatable bonds is 6. The van der Waals surface area contributed by atoms with Crippen LogP contribution in [0.2, 0.25) is 0 Å². The van der Waals surface area contributed by atoms with Gasteiger partial charge < -0.3 is 20.1 Å². The molecule has 1 aromatic carbocycles. The minimum atomic E-state index is -4.44. The highest BCUT2D eigenvalue weighted by molar-refractivity contribution is 5.78. The normalized spacial score (nSPS) is 19.4. The van der Waals surface area contributed by atoms with Gasteiger partial charge in [-0.25, -0.2) is 0 Å². The maximum Gasteiger partial charge on any atom is 0.422 e. The van der Waals surface area contributed by atoms with Crippen molar-refractivity contribution in [1.82, 2.24) is 4.90 Å². The van der Waals surface area contributed by atoms with E-state index in [4.69, 9.17) is 15.2 Å². The summed E-state index contributed by atoms with van der Waals surface area (Å²) >= 11 is 0. The molecule has 1 aliphatic heterocycles. The predicted molar refractivity (Wildman–Crippen MR) is 86.5 cm³/mol. The van der Waals surface area contributed by atoms with Crippen LogP contribution in [0, 0.1) is 0 Å². The maximum atomic E-state index is 12.4. The Morgan fingerprint density at radius 3 is 2.52 bits per heavy atom. The van der Waals surface area contributed by atoms with E-state index >= 15 is 0 Å². The molecule has 0 saturated carbocycles. The van der Waals surface area contributed by atoms with E-state index in [2.05, 4.69) is 0 Å². The molecule has 0 radical (unpaired) electrons. The largest absolute Gasteiger partial charge is 0.480 e. The van der Waals surface area contributed by atoms with Crippen molar-refractivity contribution in [2.45, 2.75) is 44.4 Å². The second kappa shape index (κ2) is 8.42. The Labute approximate surface area is 144 Å². The zero-order valence-corrected chi connectivity index (χ0v) is 14.1. The monoisotopic (exact) mass is 360 g/mol. The van der Waals surface area contributed by atoms with Crippen molar-refractivity contribution in [1.29, 1.82) is 0 Å². The van der Waals surface area contributed by atoms with E-state index < -0.39 is 12.8 Å². The Morgan fingerprint density at radius 2 is 1.92 bits per heavy atom. The number of para-hydroxylation sites is 2. The number of nitrogens with two attached hydrogens (primary N) is 1. The van der Waals surface area contributed by atoms with Crippen molar-refractivity contribution in [2.75, 3.05) is 19.8 Å². The van der Waals surface area contributed by atoms with Crippen LogP contribution in [0.1, 0.15) is 26.2 Å². The van der Waals surface area contributed by atoms with Gasteiger partial charge in [-0.3, -0.25) is 4.79 Å². The molecule has 1 saturated heterocycles. The van der Waals surface area contributed by atoms with Crippen molar-refractivity contribution < 1.29 is 27.4 Å². The lowest BCUT2D eigenvalue weighted by Crippen LogP contribution is -2.52. The van der Waals surface area contributed by atoms with Crippen LogP contribution in [0.3, 0.4) is 0 Å². The minimum Gasteiger partial charge on any atom is -0.480 e. The Morgan fingerprint density at radius 1 is 1.28 bits per heavy atom.